The molecule has 2 nitrogen and oxygen atoms in total. The maximum atomic E-state index is 11.7. The summed E-state index contributed by atoms with van der Waals surface area (Å²) in [5.74, 6) is 0.344. The molecule has 0 aliphatic carbocycles. The minimum Gasteiger partial charge on any atom is -0.342 e. The molecule has 0 spiro atoms. The molecular formula is C11H20BrNO. The lowest BCUT2D eigenvalue weighted by Crippen LogP contribution is -2.29. The van der Waals surface area contributed by atoms with Gasteiger partial charge >= 0.3 is 0 Å². The topological polar surface area (TPSA) is 20.3 Å². The third kappa shape index (κ3) is 3.60. The molecule has 0 aromatic heterocycles. The Morgan fingerprint density at radius 3 is 2.64 bits per heavy atom. The van der Waals surface area contributed by atoms with Crippen molar-refractivity contribution in [1.82, 2.24) is 4.90 Å². The Morgan fingerprint density at radius 1 is 1.43 bits per heavy atom. The van der Waals surface area contributed by atoms with Gasteiger partial charge in [0.15, 0.2) is 0 Å². The summed E-state index contributed by atoms with van der Waals surface area (Å²) < 4.78 is 0. The third-order valence-electron chi connectivity index (χ3n) is 2.80. The van der Waals surface area contributed by atoms with Crippen molar-refractivity contribution in [1.29, 1.82) is 0 Å². The van der Waals surface area contributed by atoms with Crippen LogP contribution in [-0.2, 0) is 4.79 Å². The fraction of sp³-hybridized carbons (Fsp3) is 0.909. The van der Waals surface area contributed by atoms with Crippen molar-refractivity contribution >= 4 is 21.8 Å². The molecule has 1 aliphatic rings. The molecule has 82 valence electrons. The van der Waals surface area contributed by atoms with Gasteiger partial charge in [-0.05, 0) is 24.7 Å². The lowest BCUT2D eigenvalue weighted by Gasteiger charge is -2.19. The van der Waals surface area contributed by atoms with Gasteiger partial charge in [-0.25, -0.2) is 0 Å². The number of nitrogens with zero attached hydrogens (tertiary/aromatic N) is 1. The smallest absolute Gasteiger partial charge is 0.222 e. The minimum absolute atomic E-state index is 0.338. The SMILES string of the molecule is CC1(C)CCN(C(=O)CCCCBr)C1. The van der Waals surface area contributed by atoms with Gasteiger partial charge in [0.25, 0.3) is 0 Å². The summed E-state index contributed by atoms with van der Waals surface area (Å²) in [5.41, 5.74) is 0.338. The second-order valence-corrected chi connectivity index (χ2v) is 5.67. The Morgan fingerprint density at radius 2 is 2.14 bits per heavy atom. The second kappa shape index (κ2) is 5.15. The van der Waals surface area contributed by atoms with Crippen molar-refractivity contribution in [2.24, 2.45) is 5.41 Å². The molecule has 1 amide bonds. The highest BCUT2D eigenvalue weighted by Crippen LogP contribution is 2.29. The number of carbonyl (C=O) groups is 1. The summed E-state index contributed by atoms with van der Waals surface area (Å²) in [7, 11) is 0. The average Bonchev–Trinajstić information content (AvgIpc) is 2.46. The largest absolute Gasteiger partial charge is 0.342 e. The lowest BCUT2D eigenvalue weighted by molar-refractivity contribution is -0.130. The highest BCUT2D eigenvalue weighted by molar-refractivity contribution is 9.09. The summed E-state index contributed by atoms with van der Waals surface area (Å²) in [6.45, 7) is 6.37. The number of amides is 1. The molecule has 14 heavy (non-hydrogen) atoms. The molecule has 1 heterocycles. The first kappa shape index (κ1) is 12.0. The van der Waals surface area contributed by atoms with Gasteiger partial charge in [0.2, 0.25) is 5.91 Å². The van der Waals surface area contributed by atoms with E-state index in [0.717, 1.165) is 44.1 Å². The zero-order valence-electron chi connectivity index (χ0n) is 9.18. The van der Waals surface area contributed by atoms with Crippen LogP contribution in [-0.4, -0.2) is 29.2 Å². The van der Waals surface area contributed by atoms with Gasteiger partial charge in [-0.15, -0.1) is 0 Å². The van der Waals surface area contributed by atoms with Crippen LogP contribution in [0, 0.1) is 5.41 Å². The normalized spacial score (nSPS) is 20.1. The molecule has 0 atom stereocenters. The van der Waals surface area contributed by atoms with E-state index >= 15 is 0 Å². The Balaban J connectivity index is 2.25. The van der Waals surface area contributed by atoms with Crippen molar-refractivity contribution in [3.05, 3.63) is 0 Å². The fourth-order valence-electron chi connectivity index (χ4n) is 1.85. The molecule has 0 aromatic carbocycles. The average molecular weight is 262 g/mol. The Labute approximate surface area is 95.2 Å². The Kier molecular flexibility index (Phi) is 4.42. The Hall–Kier alpha value is -0.0500. The minimum atomic E-state index is 0.338. The van der Waals surface area contributed by atoms with Crippen LogP contribution in [0.3, 0.4) is 0 Å². The van der Waals surface area contributed by atoms with Crippen LogP contribution in [0.25, 0.3) is 0 Å². The molecule has 1 rings (SSSR count). The van der Waals surface area contributed by atoms with E-state index in [0.29, 0.717) is 11.3 Å². The molecule has 0 bridgehead atoms. The third-order valence-corrected chi connectivity index (χ3v) is 3.37. The van der Waals surface area contributed by atoms with Gasteiger partial charge in [-0.1, -0.05) is 29.8 Å². The van der Waals surface area contributed by atoms with Gasteiger partial charge in [0.05, 0.1) is 0 Å². The second-order valence-electron chi connectivity index (χ2n) is 4.88. The van der Waals surface area contributed by atoms with E-state index in [-0.39, 0.29) is 0 Å². The van der Waals surface area contributed by atoms with Crippen LogP contribution in [0.2, 0.25) is 0 Å². The van der Waals surface area contributed by atoms with E-state index in [4.69, 9.17) is 0 Å². The standard InChI is InChI=1S/C11H20BrNO/c1-11(2)6-8-13(9-11)10(14)5-3-4-7-12/h3-9H2,1-2H3. The zero-order valence-corrected chi connectivity index (χ0v) is 10.8. The molecule has 1 aliphatic heterocycles. The summed E-state index contributed by atoms with van der Waals surface area (Å²) >= 11 is 3.38. The van der Waals surface area contributed by atoms with Crippen LogP contribution in [0.1, 0.15) is 39.5 Å². The molecule has 3 heteroatoms. The molecule has 0 saturated carbocycles. The van der Waals surface area contributed by atoms with E-state index in [1.807, 2.05) is 4.90 Å². The van der Waals surface area contributed by atoms with Crippen LogP contribution in [0.4, 0.5) is 0 Å². The Bertz CT molecular complexity index is 203. The van der Waals surface area contributed by atoms with Gasteiger partial charge in [0.1, 0.15) is 0 Å². The van der Waals surface area contributed by atoms with Crippen LogP contribution in [0.15, 0.2) is 0 Å². The van der Waals surface area contributed by atoms with E-state index in [1.165, 1.54) is 0 Å². The predicted octanol–water partition coefficient (Wildman–Crippen LogP) is 2.81. The van der Waals surface area contributed by atoms with Gasteiger partial charge in [0, 0.05) is 24.8 Å². The van der Waals surface area contributed by atoms with Crippen LogP contribution >= 0.6 is 15.9 Å². The van der Waals surface area contributed by atoms with Crippen molar-refractivity contribution in [2.45, 2.75) is 39.5 Å². The molecule has 1 saturated heterocycles. The number of likely N-dealkylation sites (tertiary alicyclic amines) is 1. The highest BCUT2D eigenvalue weighted by Gasteiger charge is 2.31. The summed E-state index contributed by atoms with van der Waals surface area (Å²) in [5, 5.41) is 1.01. The molecular weight excluding hydrogens is 242 g/mol. The van der Waals surface area contributed by atoms with Crippen LogP contribution < -0.4 is 0 Å². The quantitative estimate of drug-likeness (QED) is 0.563. The summed E-state index contributed by atoms with van der Waals surface area (Å²) in [4.78, 5) is 13.7. The zero-order chi connectivity index (χ0) is 10.6. The van der Waals surface area contributed by atoms with Gasteiger partial charge < -0.3 is 4.90 Å². The van der Waals surface area contributed by atoms with Crippen LogP contribution in [0.5, 0.6) is 0 Å². The first-order chi connectivity index (χ1) is 6.55. The highest BCUT2D eigenvalue weighted by atomic mass is 79.9. The molecule has 0 aromatic rings. The van der Waals surface area contributed by atoms with Crippen molar-refractivity contribution in [2.75, 3.05) is 18.4 Å². The molecule has 0 N–H and O–H groups in total. The number of hydrogen-bond donors (Lipinski definition) is 0. The lowest BCUT2D eigenvalue weighted by atomic mass is 9.93. The maximum absolute atomic E-state index is 11.7. The fourth-order valence-corrected chi connectivity index (χ4v) is 2.25. The van der Waals surface area contributed by atoms with E-state index in [9.17, 15) is 4.79 Å². The predicted molar refractivity (Wildman–Crippen MR) is 62.6 cm³/mol. The van der Waals surface area contributed by atoms with Crippen molar-refractivity contribution in [3.8, 4) is 0 Å². The maximum Gasteiger partial charge on any atom is 0.222 e. The molecule has 0 unspecified atom stereocenters. The first-order valence-corrected chi connectivity index (χ1v) is 6.51. The number of hydrogen-bond acceptors (Lipinski definition) is 1. The van der Waals surface area contributed by atoms with E-state index in [1.54, 1.807) is 0 Å². The van der Waals surface area contributed by atoms with E-state index < -0.39 is 0 Å². The number of rotatable bonds is 4. The monoisotopic (exact) mass is 261 g/mol. The number of alkyl halides is 1. The molecule has 1 fully saturated rings. The van der Waals surface area contributed by atoms with Gasteiger partial charge in [-0.3, -0.25) is 4.79 Å². The number of carbonyl (C=O) groups excluding carboxylic acids is 1. The van der Waals surface area contributed by atoms with Crippen molar-refractivity contribution < 1.29 is 4.79 Å². The number of halogens is 1. The van der Waals surface area contributed by atoms with E-state index in [2.05, 4.69) is 29.8 Å². The van der Waals surface area contributed by atoms with Gasteiger partial charge in [-0.2, -0.15) is 0 Å². The summed E-state index contributed by atoms with van der Waals surface area (Å²) in [6, 6.07) is 0. The number of unbranched alkanes of at least 4 members (excludes halogenated alkanes) is 1. The van der Waals surface area contributed by atoms with Crippen molar-refractivity contribution in [3.63, 3.8) is 0 Å². The first-order valence-electron chi connectivity index (χ1n) is 5.39. The summed E-state index contributed by atoms with van der Waals surface area (Å²) in [6.07, 6.45) is 3.99. The molecule has 0 radical (unpaired) electrons.